The van der Waals surface area contributed by atoms with Crippen molar-refractivity contribution in [1.29, 1.82) is 0 Å². The van der Waals surface area contributed by atoms with E-state index in [9.17, 15) is 0 Å². The predicted molar refractivity (Wildman–Crippen MR) is 57.1 cm³/mol. The van der Waals surface area contributed by atoms with Crippen LogP contribution >= 0.6 is 0 Å². The largest absolute Gasteiger partial charge is 0.312 e. The fourth-order valence-electron chi connectivity index (χ4n) is 1.58. The monoisotopic (exact) mass is 196 g/mol. The number of aryl methyl sites for hydroxylation is 1. The first-order valence-corrected chi connectivity index (χ1v) is 5.28. The van der Waals surface area contributed by atoms with Crippen LogP contribution in [0.25, 0.3) is 0 Å². The van der Waals surface area contributed by atoms with Crippen LogP contribution in [0.2, 0.25) is 0 Å². The number of hydrogen-bond acceptors (Lipinski definition) is 3. The van der Waals surface area contributed by atoms with Gasteiger partial charge in [0.05, 0.1) is 6.54 Å². The maximum absolute atomic E-state index is 4.16. The zero-order valence-electron chi connectivity index (χ0n) is 9.54. The molecule has 0 aliphatic rings. The lowest BCUT2D eigenvalue weighted by molar-refractivity contribution is 0.531. The van der Waals surface area contributed by atoms with Gasteiger partial charge in [-0.2, -0.15) is 0 Å². The van der Waals surface area contributed by atoms with Gasteiger partial charge in [0.1, 0.15) is 11.6 Å². The molecule has 0 fully saturated rings. The van der Waals surface area contributed by atoms with Gasteiger partial charge < -0.3 is 9.88 Å². The molecule has 4 nitrogen and oxygen atoms in total. The second-order valence-corrected chi connectivity index (χ2v) is 3.80. The van der Waals surface area contributed by atoms with Gasteiger partial charge >= 0.3 is 0 Å². The van der Waals surface area contributed by atoms with E-state index in [1.54, 1.807) is 0 Å². The van der Waals surface area contributed by atoms with Crippen molar-refractivity contribution in [2.45, 2.75) is 46.7 Å². The van der Waals surface area contributed by atoms with Gasteiger partial charge in [0, 0.05) is 6.04 Å². The number of hydrogen-bond donors (Lipinski definition) is 1. The molecule has 0 spiro atoms. The molecule has 0 aromatic carbocycles. The molecule has 0 saturated carbocycles. The zero-order valence-corrected chi connectivity index (χ0v) is 9.54. The summed E-state index contributed by atoms with van der Waals surface area (Å²) in [5.74, 6) is 2.03. The van der Waals surface area contributed by atoms with Crippen LogP contribution in [0.5, 0.6) is 0 Å². The van der Waals surface area contributed by atoms with Crippen LogP contribution in [0.4, 0.5) is 0 Å². The highest BCUT2D eigenvalue weighted by Gasteiger charge is 2.10. The molecule has 4 heteroatoms. The summed E-state index contributed by atoms with van der Waals surface area (Å²) in [6.07, 6.45) is 1.15. The third-order valence-electron chi connectivity index (χ3n) is 2.16. The Labute approximate surface area is 85.7 Å². The van der Waals surface area contributed by atoms with E-state index < -0.39 is 0 Å². The van der Waals surface area contributed by atoms with Gasteiger partial charge in [-0.1, -0.05) is 6.92 Å². The van der Waals surface area contributed by atoms with Gasteiger partial charge in [-0.25, -0.2) is 0 Å². The number of rotatable bonds is 5. The van der Waals surface area contributed by atoms with E-state index in [0.29, 0.717) is 6.04 Å². The fraction of sp³-hybridized carbons (Fsp3) is 0.800. The summed E-state index contributed by atoms with van der Waals surface area (Å²) in [6.45, 7) is 10.3. The number of nitrogens with one attached hydrogen (secondary N) is 1. The Hall–Kier alpha value is -0.900. The SMILES string of the molecule is CCCNCc1nnc(C)n1C(C)C. The molecule has 0 aliphatic heterocycles. The quantitative estimate of drug-likeness (QED) is 0.728. The summed E-state index contributed by atoms with van der Waals surface area (Å²) in [7, 11) is 0. The van der Waals surface area contributed by atoms with Crippen LogP contribution in [0.15, 0.2) is 0 Å². The van der Waals surface area contributed by atoms with E-state index in [2.05, 4.69) is 40.9 Å². The van der Waals surface area contributed by atoms with E-state index in [1.807, 2.05) is 6.92 Å². The molecular formula is C10H20N4. The Balaban J connectivity index is 2.66. The first-order chi connectivity index (χ1) is 6.66. The van der Waals surface area contributed by atoms with Gasteiger partial charge in [-0.3, -0.25) is 0 Å². The van der Waals surface area contributed by atoms with Crippen molar-refractivity contribution in [1.82, 2.24) is 20.1 Å². The fourth-order valence-corrected chi connectivity index (χ4v) is 1.58. The van der Waals surface area contributed by atoms with Crippen molar-refractivity contribution < 1.29 is 0 Å². The maximum atomic E-state index is 4.16. The first-order valence-electron chi connectivity index (χ1n) is 5.28. The van der Waals surface area contributed by atoms with Crippen LogP contribution < -0.4 is 5.32 Å². The Morgan fingerprint density at radius 1 is 1.36 bits per heavy atom. The van der Waals surface area contributed by atoms with E-state index >= 15 is 0 Å². The molecule has 0 saturated heterocycles. The Morgan fingerprint density at radius 3 is 2.64 bits per heavy atom. The minimum absolute atomic E-state index is 0.434. The smallest absolute Gasteiger partial charge is 0.147 e. The molecular weight excluding hydrogens is 176 g/mol. The summed E-state index contributed by atoms with van der Waals surface area (Å²) in [6, 6.07) is 0.434. The highest BCUT2D eigenvalue weighted by atomic mass is 15.3. The van der Waals surface area contributed by atoms with Crippen molar-refractivity contribution in [2.75, 3.05) is 6.54 Å². The average Bonchev–Trinajstić information content (AvgIpc) is 2.47. The van der Waals surface area contributed by atoms with Crippen LogP contribution in [0, 0.1) is 6.92 Å². The van der Waals surface area contributed by atoms with Gasteiger partial charge in [0.15, 0.2) is 0 Å². The molecule has 1 heterocycles. The summed E-state index contributed by atoms with van der Waals surface area (Å²) in [4.78, 5) is 0. The van der Waals surface area contributed by atoms with Gasteiger partial charge in [0.2, 0.25) is 0 Å². The Morgan fingerprint density at radius 2 is 2.07 bits per heavy atom. The van der Waals surface area contributed by atoms with E-state index in [4.69, 9.17) is 0 Å². The lowest BCUT2D eigenvalue weighted by Crippen LogP contribution is -2.19. The molecule has 0 radical (unpaired) electrons. The molecule has 0 unspecified atom stereocenters. The molecule has 0 bridgehead atoms. The number of nitrogens with zero attached hydrogens (tertiary/aromatic N) is 3. The van der Waals surface area contributed by atoms with Gasteiger partial charge in [0.25, 0.3) is 0 Å². The highest BCUT2D eigenvalue weighted by molar-refractivity contribution is 4.95. The van der Waals surface area contributed by atoms with E-state index in [1.165, 1.54) is 0 Å². The zero-order chi connectivity index (χ0) is 10.6. The maximum Gasteiger partial charge on any atom is 0.147 e. The standard InChI is InChI=1S/C10H20N4/c1-5-6-11-7-10-13-12-9(4)14(10)8(2)3/h8,11H,5-7H2,1-4H3. The minimum Gasteiger partial charge on any atom is -0.312 e. The summed E-state index contributed by atoms with van der Waals surface area (Å²) >= 11 is 0. The van der Waals surface area contributed by atoms with Crippen molar-refractivity contribution in [2.24, 2.45) is 0 Å². The first kappa shape index (κ1) is 11.2. The van der Waals surface area contributed by atoms with Crippen LogP contribution in [0.1, 0.15) is 44.9 Å². The normalized spacial score (nSPS) is 11.2. The van der Waals surface area contributed by atoms with Crippen LogP contribution in [-0.2, 0) is 6.54 Å². The topological polar surface area (TPSA) is 42.7 Å². The average molecular weight is 196 g/mol. The summed E-state index contributed by atoms with van der Waals surface area (Å²) in [5.41, 5.74) is 0. The van der Waals surface area contributed by atoms with Crippen molar-refractivity contribution >= 4 is 0 Å². The molecule has 0 atom stereocenters. The van der Waals surface area contributed by atoms with E-state index in [-0.39, 0.29) is 0 Å². The van der Waals surface area contributed by atoms with Gasteiger partial charge in [-0.05, 0) is 33.7 Å². The lowest BCUT2D eigenvalue weighted by Gasteiger charge is -2.12. The molecule has 1 aromatic rings. The molecule has 80 valence electrons. The van der Waals surface area contributed by atoms with Crippen LogP contribution in [-0.4, -0.2) is 21.3 Å². The summed E-state index contributed by atoms with van der Waals surface area (Å²) in [5, 5.41) is 11.6. The Bertz CT molecular complexity index is 278. The van der Waals surface area contributed by atoms with Crippen LogP contribution in [0.3, 0.4) is 0 Å². The minimum atomic E-state index is 0.434. The summed E-state index contributed by atoms with van der Waals surface area (Å²) < 4.78 is 2.17. The third kappa shape index (κ3) is 2.54. The van der Waals surface area contributed by atoms with E-state index in [0.717, 1.165) is 31.2 Å². The molecule has 1 N–H and O–H groups in total. The molecule has 1 rings (SSSR count). The highest BCUT2D eigenvalue weighted by Crippen LogP contribution is 2.10. The number of aromatic nitrogens is 3. The van der Waals surface area contributed by atoms with Crippen molar-refractivity contribution in [3.05, 3.63) is 11.6 Å². The lowest BCUT2D eigenvalue weighted by atomic mass is 10.3. The van der Waals surface area contributed by atoms with Crippen molar-refractivity contribution in [3.63, 3.8) is 0 Å². The molecule has 0 aliphatic carbocycles. The molecule has 14 heavy (non-hydrogen) atoms. The molecule has 0 amide bonds. The second kappa shape index (κ2) is 5.10. The third-order valence-corrected chi connectivity index (χ3v) is 2.16. The second-order valence-electron chi connectivity index (χ2n) is 3.80. The molecule has 1 aromatic heterocycles. The van der Waals surface area contributed by atoms with Crippen molar-refractivity contribution in [3.8, 4) is 0 Å². The van der Waals surface area contributed by atoms with Gasteiger partial charge in [-0.15, -0.1) is 10.2 Å². The Kier molecular flexibility index (Phi) is 4.07. The predicted octanol–water partition coefficient (Wildman–Crippen LogP) is 1.67.